The van der Waals surface area contributed by atoms with Crippen molar-refractivity contribution < 1.29 is 9.66 Å². The van der Waals surface area contributed by atoms with Crippen LogP contribution in [0.5, 0.6) is 5.75 Å². The highest BCUT2D eigenvalue weighted by Gasteiger charge is 2.40. The van der Waals surface area contributed by atoms with E-state index in [1.165, 1.54) is 0 Å². The Hall–Kier alpha value is -1.93. The largest absolute Gasteiger partial charge is 0.486 e. The van der Waals surface area contributed by atoms with E-state index >= 15 is 0 Å². The molecule has 0 amide bonds. The first-order valence-electron chi connectivity index (χ1n) is 8.38. The Labute approximate surface area is 146 Å². The summed E-state index contributed by atoms with van der Waals surface area (Å²) in [6.07, 6.45) is 0. The number of rotatable bonds is 2. The van der Waals surface area contributed by atoms with Gasteiger partial charge >= 0.3 is 0 Å². The van der Waals surface area contributed by atoms with Crippen LogP contribution in [-0.2, 0) is 0 Å². The molecule has 5 heteroatoms. The molecular weight excluding hydrogens is 321 g/mol. The lowest BCUT2D eigenvalue weighted by molar-refractivity contribution is -0.528. The first kappa shape index (κ1) is 20.1. The maximum Gasteiger partial charge on any atom is 0.257 e. The van der Waals surface area contributed by atoms with Crippen LogP contribution in [0.1, 0.15) is 44.7 Å². The second kappa shape index (κ2) is 10.0. The predicted octanol–water partition coefficient (Wildman–Crippen LogP) is 4.41. The van der Waals surface area contributed by atoms with Gasteiger partial charge in [-0.1, -0.05) is 70.2 Å². The van der Waals surface area contributed by atoms with Crippen LogP contribution < -0.4 is 10.0 Å². The molecule has 0 bridgehead atoms. The third-order valence-electron chi connectivity index (χ3n) is 3.65. The second-order valence-electron chi connectivity index (χ2n) is 4.81. The van der Waals surface area contributed by atoms with Gasteiger partial charge in [-0.3, -0.25) is 10.1 Å². The van der Waals surface area contributed by atoms with Crippen LogP contribution in [-0.4, -0.2) is 17.6 Å². The average molecular weight is 347 g/mol. The lowest BCUT2D eigenvalue weighted by atomic mass is 9.83. The van der Waals surface area contributed by atoms with Crippen LogP contribution in [0.25, 0.3) is 0 Å². The summed E-state index contributed by atoms with van der Waals surface area (Å²) in [5, 5.41) is 12.4. The molecule has 0 aromatic heterocycles. The Morgan fingerprint density at radius 3 is 2.12 bits per heavy atom. The number of para-hydroxylation sites is 1. The first-order valence-corrected chi connectivity index (χ1v) is 8.96. The van der Waals surface area contributed by atoms with E-state index in [0.717, 1.165) is 22.2 Å². The first-order chi connectivity index (χ1) is 11.7. The van der Waals surface area contributed by atoms with Crippen LogP contribution in [0.2, 0.25) is 0 Å². The monoisotopic (exact) mass is 347 g/mol. The van der Waals surface area contributed by atoms with Gasteiger partial charge in [0.05, 0.1) is 5.92 Å². The summed E-state index contributed by atoms with van der Waals surface area (Å²) in [6, 6.07) is 14.5. The normalized spacial score (nSPS) is 17.9. The molecule has 3 atom stereocenters. The van der Waals surface area contributed by atoms with Gasteiger partial charge in [-0.15, -0.1) is 9.24 Å². The minimum Gasteiger partial charge on any atom is -0.486 e. The van der Waals surface area contributed by atoms with Crippen LogP contribution in [0.15, 0.2) is 48.5 Å². The predicted molar refractivity (Wildman–Crippen MR) is 103 cm³/mol. The smallest absolute Gasteiger partial charge is 0.257 e. The van der Waals surface area contributed by atoms with E-state index in [-0.39, 0.29) is 17.4 Å². The molecule has 0 N–H and O–H groups in total. The molecular formula is C19H26NO3P. The zero-order valence-electron chi connectivity index (χ0n) is 14.7. The van der Waals surface area contributed by atoms with Crippen molar-refractivity contribution in [2.75, 3.05) is 6.61 Å². The lowest BCUT2D eigenvalue weighted by Gasteiger charge is -2.29. The summed E-state index contributed by atoms with van der Waals surface area (Å²) in [6.45, 7) is 8.10. The zero-order valence-corrected chi connectivity index (χ0v) is 15.9. The van der Waals surface area contributed by atoms with Crippen molar-refractivity contribution in [3.63, 3.8) is 0 Å². The highest BCUT2D eigenvalue weighted by Crippen LogP contribution is 2.38. The molecule has 0 aliphatic carbocycles. The molecule has 0 saturated heterocycles. The molecule has 0 spiro atoms. The van der Waals surface area contributed by atoms with Crippen LogP contribution in [0, 0.1) is 10.1 Å². The Morgan fingerprint density at radius 1 is 1.00 bits per heavy atom. The van der Waals surface area contributed by atoms with Gasteiger partial charge in [-0.25, -0.2) is 0 Å². The summed E-state index contributed by atoms with van der Waals surface area (Å²) in [5.74, 6) is 0.465. The summed E-state index contributed by atoms with van der Waals surface area (Å²) in [7, 11) is 2.66. The molecule has 24 heavy (non-hydrogen) atoms. The maximum atomic E-state index is 11.4. The molecule has 130 valence electrons. The molecule has 3 rings (SSSR count). The number of fused-ring (bicyclic) bond motifs is 1. The van der Waals surface area contributed by atoms with Gasteiger partial charge in [-0.05, 0) is 16.9 Å². The van der Waals surface area contributed by atoms with E-state index in [2.05, 4.69) is 9.24 Å². The minimum absolute atomic E-state index is 0.105. The molecule has 1 aliphatic rings. The van der Waals surface area contributed by atoms with Crippen LogP contribution >= 0.6 is 9.24 Å². The van der Waals surface area contributed by atoms with Crippen molar-refractivity contribution in [3.8, 4) is 5.75 Å². The third kappa shape index (κ3) is 4.33. The molecule has 0 radical (unpaired) electrons. The standard InChI is InChI=1S/C15H14NO3P.2C2H6/c17-16(18)12-9-19-13-7-3-1-5-10(13)15(12)11-6-2-4-8-14(11)20;2*1-2/h1-8,12,15H,9,20H2;2*1-2H3/t12-,15-;;/m1../s1. The van der Waals surface area contributed by atoms with Gasteiger partial charge in [0.2, 0.25) is 0 Å². The van der Waals surface area contributed by atoms with Gasteiger partial charge in [0.25, 0.3) is 6.04 Å². The van der Waals surface area contributed by atoms with Crippen LogP contribution in [0.4, 0.5) is 0 Å². The highest BCUT2D eigenvalue weighted by atomic mass is 31.0. The molecule has 2 aromatic rings. The van der Waals surface area contributed by atoms with Crippen molar-refractivity contribution in [1.29, 1.82) is 0 Å². The van der Waals surface area contributed by atoms with E-state index in [4.69, 9.17) is 4.74 Å². The summed E-state index contributed by atoms with van der Waals surface area (Å²) < 4.78 is 5.54. The summed E-state index contributed by atoms with van der Waals surface area (Å²) in [5.41, 5.74) is 1.85. The quantitative estimate of drug-likeness (QED) is 0.459. The Kier molecular flexibility index (Phi) is 8.42. The fourth-order valence-electron chi connectivity index (χ4n) is 2.70. The van der Waals surface area contributed by atoms with Crippen molar-refractivity contribution >= 4 is 14.5 Å². The fourth-order valence-corrected chi connectivity index (χ4v) is 3.09. The fraction of sp³-hybridized carbons (Fsp3) is 0.368. The van der Waals surface area contributed by atoms with Crippen LogP contribution in [0.3, 0.4) is 0 Å². The number of nitrogens with zero attached hydrogens (tertiary/aromatic N) is 1. The zero-order chi connectivity index (χ0) is 18.1. The molecule has 4 nitrogen and oxygen atoms in total. The third-order valence-corrected chi connectivity index (χ3v) is 4.18. The van der Waals surface area contributed by atoms with Crippen molar-refractivity contribution in [2.24, 2.45) is 0 Å². The van der Waals surface area contributed by atoms with Crippen molar-refractivity contribution in [2.45, 2.75) is 39.7 Å². The number of ether oxygens (including phenoxy) is 1. The van der Waals surface area contributed by atoms with E-state index in [9.17, 15) is 10.1 Å². The Balaban J connectivity index is 0.000000671. The highest BCUT2D eigenvalue weighted by molar-refractivity contribution is 7.27. The van der Waals surface area contributed by atoms with Gasteiger partial charge in [0.1, 0.15) is 5.75 Å². The van der Waals surface area contributed by atoms with Gasteiger partial charge < -0.3 is 4.74 Å². The van der Waals surface area contributed by atoms with E-state index < -0.39 is 6.04 Å². The number of benzene rings is 2. The molecule has 0 saturated carbocycles. The van der Waals surface area contributed by atoms with E-state index in [1.54, 1.807) is 0 Å². The second-order valence-corrected chi connectivity index (χ2v) is 5.43. The molecule has 0 fully saturated rings. The lowest BCUT2D eigenvalue weighted by Crippen LogP contribution is -2.39. The Bertz CT molecular complexity index is 661. The number of nitro groups is 1. The molecule has 1 heterocycles. The van der Waals surface area contributed by atoms with Gasteiger partial charge in [-0.2, -0.15) is 0 Å². The number of hydrogen-bond acceptors (Lipinski definition) is 3. The summed E-state index contributed by atoms with van der Waals surface area (Å²) >= 11 is 0. The SMILES string of the molecule is CC.CC.O=[N+]([O-])[C@@H]1COc2ccccc2[C@@H]1c1ccccc1P. The van der Waals surface area contributed by atoms with E-state index in [1.807, 2.05) is 76.2 Å². The Morgan fingerprint density at radius 2 is 1.54 bits per heavy atom. The topological polar surface area (TPSA) is 52.4 Å². The minimum atomic E-state index is -0.758. The van der Waals surface area contributed by atoms with Gasteiger partial charge in [0, 0.05) is 10.5 Å². The van der Waals surface area contributed by atoms with E-state index in [0.29, 0.717) is 0 Å². The summed E-state index contributed by atoms with van der Waals surface area (Å²) in [4.78, 5) is 11.1. The molecule has 2 aromatic carbocycles. The van der Waals surface area contributed by atoms with Crippen molar-refractivity contribution in [3.05, 3.63) is 69.8 Å². The molecule has 1 unspecified atom stereocenters. The van der Waals surface area contributed by atoms with Crippen molar-refractivity contribution in [1.82, 2.24) is 0 Å². The average Bonchev–Trinajstić information content (AvgIpc) is 2.64. The molecule has 1 aliphatic heterocycles. The van der Waals surface area contributed by atoms with Gasteiger partial charge in [0.15, 0.2) is 6.61 Å². The number of hydrogen-bond donors (Lipinski definition) is 0. The maximum absolute atomic E-state index is 11.4.